The zero-order valence-corrected chi connectivity index (χ0v) is 8.12. The molecule has 0 aromatic carbocycles. The minimum absolute atomic E-state index is 0.103. The number of hydrogen-bond donors (Lipinski definition) is 2. The second-order valence-corrected chi connectivity index (χ2v) is 2.67. The van der Waals surface area contributed by atoms with E-state index in [2.05, 4.69) is 15.4 Å². The molecular formula is C8H14N4O2. The van der Waals surface area contributed by atoms with Crippen molar-refractivity contribution in [3.05, 3.63) is 5.53 Å². The van der Waals surface area contributed by atoms with Gasteiger partial charge in [0, 0.05) is 6.54 Å². The number of hydrogen-bond acceptors (Lipinski definition) is 2. The Morgan fingerprint density at radius 2 is 2.14 bits per heavy atom. The maximum Gasteiger partial charge on any atom is 0.344 e. The summed E-state index contributed by atoms with van der Waals surface area (Å²) in [7, 11) is 0. The van der Waals surface area contributed by atoms with Crippen LogP contribution in [0.15, 0.2) is 0 Å². The fourth-order valence-electron chi connectivity index (χ4n) is 0.733. The molecule has 6 nitrogen and oxygen atoms in total. The number of carbonyl (C=O) groups excluding carboxylic acids is 2. The summed E-state index contributed by atoms with van der Waals surface area (Å²) in [5.74, 6) is -0.851. The van der Waals surface area contributed by atoms with E-state index in [1.165, 1.54) is 0 Å². The van der Waals surface area contributed by atoms with Crippen LogP contribution < -0.4 is 10.6 Å². The molecule has 0 heterocycles. The second kappa shape index (κ2) is 7.94. The monoisotopic (exact) mass is 198 g/mol. The van der Waals surface area contributed by atoms with Gasteiger partial charge in [-0.3, -0.25) is 9.59 Å². The van der Waals surface area contributed by atoms with Crippen molar-refractivity contribution < 1.29 is 14.4 Å². The molecule has 0 rings (SSSR count). The zero-order chi connectivity index (χ0) is 10.8. The Kier molecular flexibility index (Phi) is 6.99. The van der Waals surface area contributed by atoms with Crippen LogP contribution in [-0.4, -0.2) is 35.9 Å². The molecular weight excluding hydrogens is 184 g/mol. The summed E-state index contributed by atoms with van der Waals surface area (Å²) in [6.07, 6.45) is 2.61. The van der Waals surface area contributed by atoms with Crippen molar-refractivity contribution in [2.45, 2.75) is 19.8 Å². The maximum atomic E-state index is 11.0. The Hall–Kier alpha value is -1.68. The highest BCUT2D eigenvalue weighted by molar-refractivity contribution is 6.24. The number of amides is 2. The van der Waals surface area contributed by atoms with Gasteiger partial charge in [-0.25, -0.2) is 0 Å². The molecule has 0 aliphatic heterocycles. The van der Waals surface area contributed by atoms with Crippen LogP contribution in [0.5, 0.6) is 0 Å². The van der Waals surface area contributed by atoms with Gasteiger partial charge in [0.2, 0.25) is 5.91 Å². The standard InChI is InChI=1S/C8H14N4O2/c1-2-3-4-10-7(13)5-11-8(14)6-12-9/h6H,2-5H2,1H3,(H,10,13)(H,11,14). The second-order valence-electron chi connectivity index (χ2n) is 2.67. The fraction of sp³-hybridized carbons (Fsp3) is 0.625. The van der Waals surface area contributed by atoms with Crippen LogP contribution in [0.3, 0.4) is 0 Å². The molecule has 0 unspecified atom stereocenters. The van der Waals surface area contributed by atoms with Crippen LogP contribution in [0.25, 0.3) is 5.53 Å². The van der Waals surface area contributed by atoms with Gasteiger partial charge in [0.05, 0.1) is 6.54 Å². The maximum absolute atomic E-state index is 11.0. The average Bonchev–Trinajstić information content (AvgIpc) is 2.16. The van der Waals surface area contributed by atoms with E-state index in [9.17, 15) is 9.59 Å². The number of unbranched alkanes of at least 4 members (excludes halogenated alkanes) is 1. The van der Waals surface area contributed by atoms with E-state index in [-0.39, 0.29) is 12.5 Å². The lowest BCUT2D eigenvalue weighted by atomic mass is 10.3. The molecule has 14 heavy (non-hydrogen) atoms. The van der Waals surface area contributed by atoms with E-state index in [4.69, 9.17) is 5.53 Å². The molecule has 0 saturated carbocycles. The third kappa shape index (κ3) is 7.00. The largest absolute Gasteiger partial charge is 0.361 e. The number of rotatable bonds is 6. The van der Waals surface area contributed by atoms with Crippen molar-refractivity contribution in [3.8, 4) is 0 Å². The first-order valence-electron chi connectivity index (χ1n) is 4.42. The van der Waals surface area contributed by atoms with Crippen molar-refractivity contribution >= 4 is 18.0 Å². The van der Waals surface area contributed by atoms with Gasteiger partial charge in [0.1, 0.15) is 0 Å². The lowest BCUT2D eigenvalue weighted by Gasteiger charge is -2.02. The first-order chi connectivity index (χ1) is 6.70. The van der Waals surface area contributed by atoms with Crippen LogP contribution in [0.4, 0.5) is 0 Å². The molecule has 2 N–H and O–H groups in total. The lowest BCUT2D eigenvalue weighted by Crippen LogP contribution is -2.37. The lowest BCUT2D eigenvalue weighted by molar-refractivity contribution is -0.124. The van der Waals surface area contributed by atoms with Crippen molar-refractivity contribution in [1.29, 1.82) is 0 Å². The highest BCUT2D eigenvalue weighted by atomic mass is 16.2. The predicted octanol–water partition coefficient (Wildman–Crippen LogP) is -0.680. The van der Waals surface area contributed by atoms with Gasteiger partial charge in [-0.05, 0) is 6.42 Å². The molecule has 0 aliphatic carbocycles. The molecule has 6 heteroatoms. The van der Waals surface area contributed by atoms with Crippen LogP contribution in [-0.2, 0) is 9.59 Å². The summed E-state index contributed by atoms with van der Waals surface area (Å²) >= 11 is 0. The minimum atomic E-state index is -0.599. The third-order valence-corrected chi connectivity index (χ3v) is 1.45. The third-order valence-electron chi connectivity index (χ3n) is 1.45. The van der Waals surface area contributed by atoms with Crippen LogP contribution in [0, 0.1) is 0 Å². The van der Waals surface area contributed by atoms with Crippen molar-refractivity contribution in [1.82, 2.24) is 10.6 Å². The first kappa shape index (κ1) is 12.3. The molecule has 0 aromatic rings. The van der Waals surface area contributed by atoms with Crippen LogP contribution >= 0.6 is 0 Å². The van der Waals surface area contributed by atoms with Crippen molar-refractivity contribution in [3.63, 3.8) is 0 Å². The molecule has 0 fully saturated rings. The summed E-state index contributed by atoms with van der Waals surface area (Å²) in [6.45, 7) is 2.53. The molecule has 0 radical (unpaired) electrons. The molecule has 0 bridgehead atoms. The summed E-state index contributed by atoms with van der Waals surface area (Å²) in [6, 6.07) is 0. The normalized spacial score (nSPS) is 8.64. The summed E-state index contributed by atoms with van der Waals surface area (Å²) < 4.78 is 0. The van der Waals surface area contributed by atoms with E-state index in [0.29, 0.717) is 12.8 Å². The molecule has 0 aliphatic rings. The zero-order valence-electron chi connectivity index (χ0n) is 8.12. The van der Waals surface area contributed by atoms with Gasteiger partial charge in [-0.2, -0.15) is 4.79 Å². The van der Waals surface area contributed by atoms with E-state index >= 15 is 0 Å². The quantitative estimate of drug-likeness (QED) is 0.256. The van der Waals surface area contributed by atoms with Gasteiger partial charge in [-0.1, -0.05) is 13.3 Å². The summed E-state index contributed by atoms with van der Waals surface area (Å²) in [4.78, 5) is 24.2. The highest BCUT2D eigenvalue weighted by Gasteiger charge is 2.04. The molecule has 78 valence electrons. The Balaban J connectivity index is 3.53. The summed E-state index contributed by atoms with van der Waals surface area (Å²) in [5.41, 5.74) is 7.98. The SMILES string of the molecule is CCCCNC(=O)CNC(=O)C=[N+]=[N-]. The number of carbonyl (C=O) groups is 2. The Morgan fingerprint density at radius 3 is 2.71 bits per heavy atom. The van der Waals surface area contributed by atoms with Crippen molar-refractivity contribution in [2.24, 2.45) is 0 Å². The van der Waals surface area contributed by atoms with E-state index in [1.807, 2.05) is 6.92 Å². The molecule has 0 spiro atoms. The van der Waals surface area contributed by atoms with E-state index in [0.717, 1.165) is 12.8 Å². The average molecular weight is 198 g/mol. The molecule has 0 saturated heterocycles. The predicted molar refractivity (Wildman–Crippen MR) is 50.6 cm³/mol. The van der Waals surface area contributed by atoms with Crippen LogP contribution in [0.1, 0.15) is 19.8 Å². The molecule has 0 aromatic heterocycles. The smallest absolute Gasteiger partial charge is 0.344 e. The Morgan fingerprint density at radius 1 is 1.43 bits per heavy atom. The minimum Gasteiger partial charge on any atom is -0.361 e. The first-order valence-corrected chi connectivity index (χ1v) is 4.42. The molecule has 2 amide bonds. The van der Waals surface area contributed by atoms with Crippen LogP contribution in [0.2, 0.25) is 0 Å². The van der Waals surface area contributed by atoms with E-state index < -0.39 is 5.91 Å². The Labute approximate surface area is 82.3 Å². The van der Waals surface area contributed by atoms with Gasteiger partial charge in [0.25, 0.3) is 0 Å². The van der Waals surface area contributed by atoms with E-state index in [1.54, 1.807) is 0 Å². The number of nitrogens with one attached hydrogen (secondary N) is 2. The Bertz CT molecular complexity index is 246. The summed E-state index contributed by atoms with van der Waals surface area (Å²) in [5, 5.41) is 4.87. The van der Waals surface area contributed by atoms with Crippen molar-refractivity contribution in [2.75, 3.05) is 13.1 Å². The topological polar surface area (TPSA) is 94.6 Å². The van der Waals surface area contributed by atoms with Gasteiger partial charge in [-0.15, -0.1) is 0 Å². The van der Waals surface area contributed by atoms with Gasteiger partial charge < -0.3 is 16.2 Å². The van der Waals surface area contributed by atoms with Gasteiger partial charge >= 0.3 is 12.1 Å². The molecule has 0 atom stereocenters. The number of nitrogens with zero attached hydrogens (tertiary/aromatic N) is 2. The fourth-order valence-corrected chi connectivity index (χ4v) is 0.733. The van der Waals surface area contributed by atoms with Gasteiger partial charge in [0.15, 0.2) is 0 Å². The highest BCUT2D eigenvalue weighted by Crippen LogP contribution is 1.81.